The van der Waals surface area contributed by atoms with Crippen LogP contribution in [-0.4, -0.2) is 24.1 Å². The Morgan fingerprint density at radius 3 is 2.62 bits per heavy atom. The molecule has 3 rings (SSSR count). The van der Waals surface area contributed by atoms with Crippen LogP contribution in [0.15, 0.2) is 47.3 Å². The molecule has 0 spiro atoms. The lowest BCUT2D eigenvalue weighted by atomic mass is 10.1. The lowest BCUT2D eigenvalue weighted by molar-refractivity contribution is -0.123. The van der Waals surface area contributed by atoms with Gasteiger partial charge in [0.25, 0.3) is 5.56 Å². The molecule has 0 saturated heterocycles. The Morgan fingerprint density at radius 1 is 1.15 bits per heavy atom. The van der Waals surface area contributed by atoms with E-state index < -0.39 is 6.04 Å². The summed E-state index contributed by atoms with van der Waals surface area (Å²) in [6, 6.07) is 12.2. The summed E-state index contributed by atoms with van der Waals surface area (Å²) < 4.78 is 13.0. The number of benzene rings is 2. The van der Waals surface area contributed by atoms with E-state index in [2.05, 4.69) is 5.32 Å². The molecule has 1 aromatic heterocycles. The molecule has 1 heterocycles. The summed E-state index contributed by atoms with van der Waals surface area (Å²) in [6.45, 7) is 2.00. The second-order valence-electron chi connectivity index (χ2n) is 5.76. The molecule has 26 heavy (non-hydrogen) atoms. The molecule has 3 aromatic rings. The van der Waals surface area contributed by atoms with E-state index in [-0.39, 0.29) is 18.0 Å². The largest absolute Gasteiger partial charge is 0.493 e. The molecule has 0 unspecified atom stereocenters. The first-order chi connectivity index (χ1) is 12.6. The highest BCUT2D eigenvalue weighted by Crippen LogP contribution is 2.30. The molecule has 0 fully saturated rings. The van der Waals surface area contributed by atoms with Crippen molar-refractivity contribution in [2.24, 2.45) is 0 Å². The molecule has 136 valence electrons. The molecule has 0 aliphatic heterocycles. The minimum Gasteiger partial charge on any atom is -0.493 e. The predicted molar refractivity (Wildman–Crippen MR) is 102 cm³/mol. The van der Waals surface area contributed by atoms with E-state index in [0.717, 1.165) is 10.3 Å². The number of amides is 1. The zero-order chi connectivity index (χ0) is 18.7. The number of carbonyl (C=O) groups excluding carboxylic acids is 1. The molecule has 1 N–H and O–H groups in total. The van der Waals surface area contributed by atoms with Crippen LogP contribution in [0.2, 0.25) is 0 Å². The molecule has 7 heteroatoms. The van der Waals surface area contributed by atoms with Gasteiger partial charge in [-0.15, -0.1) is 0 Å². The van der Waals surface area contributed by atoms with Gasteiger partial charge >= 0.3 is 0 Å². The van der Waals surface area contributed by atoms with Gasteiger partial charge in [0.1, 0.15) is 6.04 Å². The highest BCUT2D eigenvalue weighted by molar-refractivity contribution is 7.14. The SMILES string of the molecule is COc1cccc(CNC(=O)[C@H](C)n2sc3ccccc3c2=O)c1OC. The first kappa shape index (κ1) is 18.0. The third kappa shape index (κ3) is 3.30. The van der Waals surface area contributed by atoms with Crippen molar-refractivity contribution < 1.29 is 14.3 Å². The van der Waals surface area contributed by atoms with Gasteiger partial charge in [0.15, 0.2) is 11.5 Å². The zero-order valence-corrected chi connectivity index (χ0v) is 15.6. The zero-order valence-electron chi connectivity index (χ0n) is 14.8. The predicted octanol–water partition coefficient (Wildman–Crippen LogP) is 2.96. The summed E-state index contributed by atoms with van der Waals surface area (Å²) >= 11 is 1.29. The van der Waals surface area contributed by atoms with Crippen LogP contribution in [0.3, 0.4) is 0 Å². The van der Waals surface area contributed by atoms with E-state index in [1.54, 1.807) is 33.3 Å². The first-order valence-electron chi connectivity index (χ1n) is 8.15. The summed E-state index contributed by atoms with van der Waals surface area (Å²) in [7, 11) is 3.12. The first-order valence-corrected chi connectivity index (χ1v) is 8.92. The maximum atomic E-state index is 12.6. The highest BCUT2D eigenvalue weighted by atomic mass is 32.1. The number of hydrogen-bond donors (Lipinski definition) is 1. The van der Waals surface area contributed by atoms with Gasteiger partial charge in [0, 0.05) is 12.1 Å². The third-order valence-electron chi connectivity index (χ3n) is 4.18. The maximum Gasteiger partial charge on any atom is 0.269 e. The lowest BCUT2D eigenvalue weighted by Crippen LogP contribution is -2.33. The Balaban J connectivity index is 1.78. The average molecular weight is 372 g/mol. The van der Waals surface area contributed by atoms with Gasteiger partial charge in [-0.05, 0) is 25.1 Å². The van der Waals surface area contributed by atoms with Crippen molar-refractivity contribution in [1.82, 2.24) is 9.27 Å². The van der Waals surface area contributed by atoms with Crippen LogP contribution in [0.1, 0.15) is 18.5 Å². The normalized spacial score (nSPS) is 12.0. The van der Waals surface area contributed by atoms with Crippen LogP contribution in [0.25, 0.3) is 10.1 Å². The minimum atomic E-state index is -0.600. The fourth-order valence-electron chi connectivity index (χ4n) is 2.77. The van der Waals surface area contributed by atoms with Crippen LogP contribution in [0, 0.1) is 0 Å². The lowest BCUT2D eigenvalue weighted by Gasteiger charge is -2.15. The van der Waals surface area contributed by atoms with E-state index in [9.17, 15) is 9.59 Å². The molecular weight excluding hydrogens is 352 g/mol. The van der Waals surface area contributed by atoms with Gasteiger partial charge in [0.05, 0.1) is 24.3 Å². The van der Waals surface area contributed by atoms with Crippen LogP contribution in [-0.2, 0) is 11.3 Å². The number of ether oxygens (including phenoxy) is 2. The van der Waals surface area contributed by atoms with Gasteiger partial charge < -0.3 is 14.8 Å². The van der Waals surface area contributed by atoms with Gasteiger partial charge in [-0.3, -0.25) is 13.5 Å². The van der Waals surface area contributed by atoms with E-state index in [1.807, 2.05) is 30.3 Å². The molecule has 6 nitrogen and oxygen atoms in total. The minimum absolute atomic E-state index is 0.146. The Bertz CT molecular complexity index is 993. The molecule has 1 amide bonds. The number of carbonyl (C=O) groups is 1. The number of fused-ring (bicyclic) bond motifs is 1. The van der Waals surface area contributed by atoms with E-state index in [4.69, 9.17) is 9.47 Å². The van der Waals surface area contributed by atoms with Crippen molar-refractivity contribution in [3.8, 4) is 11.5 Å². The van der Waals surface area contributed by atoms with Crippen molar-refractivity contribution in [2.45, 2.75) is 19.5 Å². The van der Waals surface area contributed by atoms with Crippen molar-refractivity contribution >= 4 is 27.5 Å². The average Bonchev–Trinajstić information content (AvgIpc) is 3.01. The fourth-order valence-corrected chi connectivity index (χ4v) is 3.81. The molecule has 0 radical (unpaired) electrons. The summed E-state index contributed by atoms with van der Waals surface area (Å²) in [5.74, 6) is 0.957. The number of hydrogen-bond acceptors (Lipinski definition) is 5. The number of rotatable bonds is 6. The van der Waals surface area contributed by atoms with E-state index >= 15 is 0 Å². The number of aromatic nitrogens is 1. The smallest absolute Gasteiger partial charge is 0.269 e. The van der Waals surface area contributed by atoms with Crippen LogP contribution >= 0.6 is 11.5 Å². The highest BCUT2D eigenvalue weighted by Gasteiger charge is 2.20. The summed E-state index contributed by atoms with van der Waals surface area (Å²) in [6.07, 6.45) is 0. The monoisotopic (exact) mass is 372 g/mol. The van der Waals surface area contributed by atoms with E-state index in [0.29, 0.717) is 16.9 Å². The topological polar surface area (TPSA) is 69.6 Å². The van der Waals surface area contributed by atoms with Gasteiger partial charge in [0.2, 0.25) is 5.91 Å². The molecule has 1 atom stereocenters. The fraction of sp³-hybridized carbons (Fsp3) is 0.263. The van der Waals surface area contributed by atoms with Crippen LogP contribution in [0.5, 0.6) is 11.5 Å². The van der Waals surface area contributed by atoms with Crippen molar-refractivity contribution in [2.75, 3.05) is 14.2 Å². The van der Waals surface area contributed by atoms with E-state index in [1.165, 1.54) is 15.5 Å². The number of nitrogens with zero attached hydrogens (tertiary/aromatic N) is 1. The summed E-state index contributed by atoms with van der Waals surface area (Å²) in [4.78, 5) is 25.1. The number of nitrogens with one attached hydrogen (secondary N) is 1. The standard InChI is InChI=1S/C19H20N2O4S/c1-12(21-19(23)14-8-4-5-10-16(14)26-21)18(22)20-11-13-7-6-9-15(24-2)17(13)25-3/h4-10,12H,11H2,1-3H3,(H,20,22)/t12-/m0/s1. The Hall–Kier alpha value is -2.80. The van der Waals surface area contributed by atoms with Gasteiger partial charge in [-0.2, -0.15) is 0 Å². The molecule has 0 bridgehead atoms. The second-order valence-corrected chi connectivity index (χ2v) is 6.78. The summed E-state index contributed by atoms with van der Waals surface area (Å²) in [5.41, 5.74) is 0.656. The van der Waals surface area contributed by atoms with Crippen LogP contribution in [0.4, 0.5) is 0 Å². The third-order valence-corrected chi connectivity index (χ3v) is 5.41. The molecule has 0 aliphatic rings. The Kier molecular flexibility index (Phi) is 5.27. The Morgan fingerprint density at radius 2 is 1.92 bits per heavy atom. The second kappa shape index (κ2) is 7.61. The molecule has 0 aliphatic carbocycles. The Labute approximate surface area is 155 Å². The number of methoxy groups -OCH3 is 2. The van der Waals surface area contributed by atoms with Gasteiger partial charge in [-0.25, -0.2) is 0 Å². The van der Waals surface area contributed by atoms with Crippen molar-refractivity contribution in [3.63, 3.8) is 0 Å². The summed E-state index contributed by atoms with van der Waals surface area (Å²) in [5, 5.41) is 3.50. The number of para-hydroxylation sites is 1. The van der Waals surface area contributed by atoms with Gasteiger partial charge in [-0.1, -0.05) is 35.8 Å². The van der Waals surface area contributed by atoms with Crippen molar-refractivity contribution in [3.05, 3.63) is 58.4 Å². The molecule has 0 saturated carbocycles. The molecule has 2 aromatic carbocycles. The van der Waals surface area contributed by atoms with Crippen molar-refractivity contribution in [1.29, 1.82) is 0 Å². The quantitative estimate of drug-likeness (QED) is 0.722. The van der Waals surface area contributed by atoms with Crippen LogP contribution < -0.4 is 20.3 Å². The maximum absolute atomic E-state index is 12.6. The molecular formula is C19H20N2O4S.